The molecule has 0 spiro atoms. The average Bonchev–Trinajstić information content (AvgIpc) is 3.37. The molecule has 1 aromatic carbocycles. The van der Waals surface area contributed by atoms with Gasteiger partial charge in [0.2, 0.25) is 5.78 Å². The van der Waals surface area contributed by atoms with Crippen LogP contribution in [0.5, 0.6) is 5.75 Å². The molecule has 1 aliphatic rings. The van der Waals surface area contributed by atoms with Crippen LogP contribution < -0.4 is 4.74 Å². The van der Waals surface area contributed by atoms with E-state index in [1.54, 1.807) is 0 Å². The Bertz CT molecular complexity index is 836. The standard InChI is InChI=1S/C19H20FNO4/c1-11-8-15(12(2)21(11)14-5-6-14)17(22)10-25-19(23)13-4-7-18(24-3)16(20)9-13/h4,7-9,14H,5-6,10H2,1-3H3. The highest BCUT2D eigenvalue weighted by Gasteiger charge is 2.28. The minimum atomic E-state index is -0.745. The zero-order valence-electron chi connectivity index (χ0n) is 14.5. The van der Waals surface area contributed by atoms with E-state index in [1.165, 1.54) is 19.2 Å². The topological polar surface area (TPSA) is 57.5 Å². The van der Waals surface area contributed by atoms with E-state index in [1.807, 2.05) is 19.9 Å². The van der Waals surface area contributed by atoms with Crippen LogP contribution in [0.25, 0.3) is 0 Å². The summed E-state index contributed by atoms with van der Waals surface area (Å²) in [6, 6.07) is 6.08. The summed E-state index contributed by atoms with van der Waals surface area (Å²) in [6.07, 6.45) is 2.25. The van der Waals surface area contributed by atoms with Gasteiger partial charge in [0.05, 0.1) is 12.7 Å². The minimum absolute atomic E-state index is 0.0366. The van der Waals surface area contributed by atoms with E-state index in [0.29, 0.717) is 11.6 Å². The lowest BCUT2D eigenvalue weighted by molar-refractivity contribution is 0.0474. The van der Waals surface area contributed by atoms with Crippen molar-refractivity contribution in [3.05, 3.63) is 52.6 Å². The number of halogens is 1. The number of rotatable bonds is 6. The summed E-state index contributed by atoms with van der Waals surface area (Å²) in [5, 5.41) is 0. The van der Waals surface area contributed by atoms with Gasteiger partial charge in [0, 0.05) is 23.0 Å². The van der Waals surface area contributed by atoms with Gasteiger partial charge in [0.25, 0.3) is 0 Å². The summed E-state index contributed by atoms with van der Waals surface area (Å²) in [7, 11) is 1.34. The number of ether oxygens (including phenoxy) is 2. The van der Waals surface area contributed by atoms with Crippen LogP contribution in [0.4, 0.5) is 4.39 Å². The van der Waals surface area contributed by atoms with Gasteiger partial charge in [-0.1, -0.05) is 0 Å². The Kier molecular flexibility index (Phi) is 4.61. The first-order chi connectivity index (χ1) is 11.9. The van der Waals surface area contributed by atoms with Crippen LogP contribution in [0.15, 0.2) is 24.3 Å². The number of aromatic nitrogens is 1. The molecule has 1 fully saturated rings. The number of hydrogen-bond donors (Lipinski definition) is 0. The summed E-state index contributed by atoms with van der Waals surface area (Å²) < 4.78 is 25.7. The highest BCUT2D eigenvalue weighted by molar-refractivity contribution is 6.00. The third-order valence-electron chi connectivity index (χ3n) is 4.42. The predicted octanol–water partition coefficient (Wildman–Crippen LogP) is 3.63. The Labute approximate surface area is 145 Å². The van der Waals surface area contributed by atoms with Crippen molar-refractivity contribution in [3.63, 3.8) is 0 Å². The van der Waals surface area contributed by atoms with Crippen molar-refractivity contribution in [1.82, 2.24) is 4.57 Å². The van der Waals surface area contributed by atoms with Gasteiger partial charge in [-0.25, -0.2) is 9.18 Å². The number of Topliss-reactive ketones (excluding diaryl/α,β-unsaturated/α-hetero) is 1. The number of ketones is 1. The maximum Gasteiger partial charge on any atom is 0.338 e. The number of esters is 1. The van der Waals surface area contributed by atoms with Crippen LogP contribution in [0.3, 0.4) is 0 Å². The molecular weight excluding hydrogens is 325 g/mol. The van der Waals surface area contributed by atoms with Crippen molar-refractivity contribution >= 4 is 11.8 Å². The van der Waals surface area contributed by atoms with Gasteiger partial charge in [-0.05, 0) is 51.0 Å². The molecule has 6 heteroatoms. The molecule has 132 valence electrons. The Hall–Kier alpha value is -2.63. The predicted molar refractivity (Wildman–Crippen MR) is 89.7 cm³/mol. The molecule has 0 N–H and O–H groups in total. The first kappa shape index (κ1) is 17.2. The fourth-order valence-electron chi connectivity index (χ4n) is 3.04. The first-order valence-electron chi connectivity index (χ1n) is 8.14. The van der Waals surface area contributed by atoms with E-state index in [-0.39, 0.29) is 23.7 Å². The lowest BCUT2D eigenvalue weighted by atomic mass is 10.1. The Morgan fingerprint density at radius 2 is 1.96 bits per heavy atom. The van der Waals surface area contributed by atoms with Crippen molar-refractivity contribution in [3.8, 4) is 5.75 Å². The van der Waals surface area contributed by atoms with Gasteiger partial charge in [-0.15, -0.1) is 0 Å². The van der Waals surface area contributed by atoms with Crippen molar-refractivity contribution in [2.45, 2.75) is 32.7 Å². The van der Waals surface area contributed by atoms with Crippen LogP contribution in [-0.4, -0.2) is 30.0 Å². The van der Waals surface area contributed by atoms with Gasteiger partial charge in [0.1, 0.15) is 0 Å². The fourth-order valence-corrected chi connectivity index (χ4v) is 3.04. The van der Waals surface area contributed by atoms with Crippen LogP contribution in [0.1, 0.15) is 51.0 Å². The van der Waals surface area contributed by atoms with E-state index in [0.717, 1.165) is 30.3 Å². The second-order valence-electron chi connectivity index (χ2n) is 6.23. The van der Waals surface area contributed by atoms with E-state index in [4.69, 9.17) is 9.47 Å². The molecule has 0 atom stereocenters. The van der Waals surface area contributed by atoms with E-state index in [2.05, 4.69) is 4.57 Å². The molecule has 0 aliphatic heterocycles. The molecule has 1 aromatic heterocycles. The molecule has 1 aliphatic carbocycles. The van der Waals surface area contributed by atoms with Crippen LogP contribution in [-0.2, 0) is 4.74 Å². The molecule has 2 aromatic rings. The lowest BCUT2D eigenvalue weighted by Crippen LogP contribution is -2.15. The largest absolute Gasteiger partial charge is 0.494 e. The molecule has 0 radical (unpaired) electrons. The fraction of sp³-hybridized carbons (Fsp3) is 0.368. The second-order valence-corrected chi connectivity index (χ2v) is 6.23. The molecule has 0 unspecified atom stereocenters. The zero-order chi connectivity index (χ0) is 18.1. The van der Waals surface area contributed by atoms with Gasteiger partial charge < -0.3 is 14.0 Å². The molecule has 0 amide bonds. The molecule has 1 heterocycles. The summed E-state index contributed by atoms with van der Waals surface area (Å²) in [5.41, 5.74) is 2.54. The van der Waals surface area contributed by atoms with E-state index >= 15 is 0 Å². The molecule has 25 heavy (non-hydrogen) atoms. The van der Waals surface area contributed by atoms with Crippen molar-refractivity contribution in [2.75, 3.05) is 13.7 Å². The molecule has 1 saturated carbocycles. The molecule has 5 nitrogen and oxygen atoms in total. The first-order valence-corrected chi connectivity index (χ1v) is 8.14. The highest BCUT2D eigenvalue weighted by atomic mass is 19.1. The van der Waals surface area contributed by atoms with Crippen LogP contribution in [0.2, 0.25) is 0 Å². The number of carbonyl (C=O) groups is 2. The average molecular weight is 345 g/mol. The van der Waals surface area contributed by atoms with Crippen molar-refractivity contribution in [1.29, 1.82) is 0 Å². The Morgan fingerprint density at radius 3 is 2.56 bits per heavy atom. The molecule has 0 saturated heterocycles. The number of aryl methyl sites for hydroxylation is 1. The van der Waals surface area contributed by atoms with Gasteiger partial charge >= 0.3 is 5.97 Å². The maximum absolute atomic E-state index is 13.7. The maximum atomic E-state index is 13.7. The summed E-state index contributed by atoms with van der Waals surface area (Å²) in [4.78, 5) is 24.4. The normalized spacial score (nSPS) is 13.6. The number of carbonyl (C=O) groups excluding carboxylic acids is 2. The van der Waals surface area contributed by atoms with Crippen molar-refractivity contribution in [2.24, 2.45) is 0 Å². The molecule has 0 bridgehead atoms. The smallest absolute Gasteiger partial charge is 0.338 e. The molecule has 3 rings (SSSR count). The lowest BCUT2D eigenvalue weighted by Gasteiger charge is -2.08. The van der Waals surface area contributed by atoms with Gasteiger partial charge in [0.15, 0.2) is 18.2 Å². The van der Waals surface area contributed by atoms with Crippen LogP contribution >= 0.6 is 0 Å². The molecular formula is C19H20FNO4. The van der Waals surface area contributed by atoms with E-state index < -0.39 is 11.8 Å². The van der Waals surface area contributed by atoms with E-state index in [9.17, 15) is 14.0 Å². The SMILES string of the molecule is COc1ccc(C(=O)OCC(=O)c2cc(C)n(C3CC3)c2C)cc1F. The summed E-state index contributed by atoms with van der Waals surface area (Å²) >= 11 is 0. The number of methoxy groups -OCH3 is 1. The number of hydrogen-bond acceptors (Lipinski definition) is 4. The highest BCUT2D eigenvalue weighted by Crippen LogP contribution is 2.38. The monoisotopic (exact) mass is 345 g/mol. The van der Waals surface area contributed by atoms with Crippen LogP contribution in [0, 0.1) is 19.7 Å². The quantitative estimate of drug-likeness (QED) is 0.593. The Morgan fingerprint density at radius 1 is 1.24 bits per heavy atom. The number of nitrogens with zero attached hydrogens (tertiary/aromatic N) is 1. The zero-order valence-corrected chi connectivity index (χ0v) is 14.5. The number of benzene rings is 1. The van der Waals surface area contributed by atoms with Gasteiger partial charge in [-0.2, -0.15) is 0 Å². The summed E-state index contributed by atoms with van der Waals surface area (Å²) in [6.45, 7) is 3.49. The summed E-state index contributed by atoms with van der Waals surface area (Å²) in [5.74, 6) is -1.62. The Balaban J connectivity index is 1.67. The third-order valence-corrected chi connectivity index (χ3v) is 4.42. The second kappa shape index (κ2) is 6.70. The van der Waals surface area contributed by atoms with Gasteiger partial charge in [-0.3, -0.25) is 4.79 Å². The van der Waals surface area contributed by atoms with Crippen molar-refractivity contribution < 1.29 is 23.5 Å². The minimum Gasteiger partial charge on any atom is -0.494 e. The third kappa shape index (κ3) is 3.43.